The van der Waals surface area contributed by atoms with E-state index < -0.39 is 8.07 Å². The van der Waals surface area contributed by atoms with Crippen LogP contribution in [0.25, 0.3) is 83.5 Å². The van der Waals surface area contributed by atoms with E-state index >= 15 is 0 Å². The van der Waals surface area contributed by atoms with Gasteiger partial charge in [0, 0.05) is 42.8 Å². The van der Waals surface area contributed by atoms with E-state index in [4.69, 9.17) is 19.4 Å². The number of pyridine rings is 2. The number of para-hydroxylation sites is 2. The summed E-state index contributed by atoms with van der Waals surface area (Å²) >= 11 is 0. The van der Waals surface area contributed by atoms with Gasteiger partial charge in [-0.3, -0.25) is 4.98 Å². The predicted molar refractivity (Wildman–Crippen MR) is 276 cm³/mol. The molecule has 4 heterocycles. The molecule has 6 aromatic carbocycles. The summed E-state index contributed by atoms with van der Waals surface area (Å²) in [5.74, 6) is 1.30. The fourth-order valence-electron chi connectivity index (χ4n) is 9.06. The quantitative estimate of drug-likeness (QED) is 0.112. The molecule has 10 rings (SSSR count). The molecular formula is C59H58IrN4OSi-2. The second kappa shape index (κ2) is 18.7. The van der Waals surface area contributed by atoms with E-state index in [9.17, 15) is 0 Å². The Morgan fingerprint density at radius 2 is 1.36 bits per heavy atom. The van der Waals surface area contributed by atoms with Crippen molar-refractivity contribution in [3.63, 3.8) is 0 Å². The maximum absolute atomic E-state index is 6.53. The molecule has 0 bridgehead atoms. The summed E-state index contributed by atoms with van der Waals surface area (Å²) in [6.07, 6.45) is 3.21. The molecule has 0 aliphatic rings. The third-order valence-electron chi connectivity index (χ3n) is 12.2. The summed E-state index contributed by atoms with van der Waals surface area (Å²) in [5, 5.41) is 4.70. The smallest absolute Gasteiger partial charge is 0.168 e. The van der Waals surface area contributed by atoms with Gasteiger partial charge in [0.1, 0.15) is 5.58 Å². The SMILES string of the molecule is CC(C)(C)Cc1cc(-c2[c-]cccc2)ncc1[Si](C)(C)C.CC(C)c1cc(-c2ccccc2)cc(C(C)C)c1-n1c(-c2[c-]ccc3c2oc2ccccc23)nc2nc3ccccc3cc21.[Ir]. The van der Waals surface area contributed by atoms with Crippen LogP contribution in [-0.4, -0.2) is 27.6 Å². The van der Waals surface area contributed by atoms with E-state index in [1.54, 1.807) is 0 Å². The van der Waals surface area contributed by atoms with Crippen molar-refractivity contribution in [2.24, 2.45) is 5.41 Å². The van der Waals surface area contributed by atoms with Gasteiger partial charge in [-0.2, -0.15) is 0 Å². The predicted octanol–water partition coefficient (Wildman–Crippen LogP) is 15.5. The standard InChI is InChI=1S/C40H32N3O.C19H26NSi.Ir/c1-24(2)32-21-28(26-13-6-5-7-14-26)22-33(25(3)4)37(32)43-35-23-27-15-8-10-19-34(27)41-39(35)42-40(43)31-18-12-17-30-29-16-9-11-20-36(29)44-38(30)31;1-19(2,3)13-16-12-17(15-10-8-7-9-11-15)20-14-18(16)21(4,5)6;/h5-17,19-25H,1-4H3;7-10,12,14H,13H2,1-6H3;/q2*-1;. The van der Waals surface area contributed by atoms with Gasteiger partial charge in [0.2, 0.25) is 0 Å². The van der Waals surface area contributed by atoms with Crippen molar-refractivity contribution in [3.8, 4) is 39.5 Å². The van der Waals surface area contributed by atoms with Gasteiger partial charge < -0.3 is 14.0 Å². The summed E-state index contributed by atoms with van der Waals surface area (Å²) < 4.78 is 8.86. The number of nitrogens with zero attached hydrogens (tertiary/aromatic N) is 4. The number of furan rings is 1. The van der Waals surface area contributed by atoms with Gasteiger partial charge >= 0.3 is 0 Å². The van der Waals surface area contributed by atoms with Crippen LogP contribution in [0.15, 0.2) is 150 Å². The minimum absolute atomic E-state index is 0. The first-order valence-electron chi connectivity index (χ1n) is 23.0. The van der Waals surface area contributed by atoms with E-state index in [-0.39, 0.29) is 37.4 Å². The molecule has 4 aromatic heterocycles. The van der Waals surface area contributed by atoms with E-state index in [2.05, 4.69) is 182 Å². The van der Waals surface area contributed by atoms with E-state index in [1.807, 2.05) is 48.5 Å². The molecule has 0 atom stereocenters. The summed E-state index contributed by atoms with van der Waals surface area (Å²) in [7, 11) is -1.37. The molecule has 0 aliphatic carbocycles. The molecular weight excluding hydrogens is 1000 g/mol. The molecule has 0 saturated carbocycles. The zero-order valence-corrected chi connectivity index (χ0v) is 43.1. The molecule has 0 aliphatic heterocycles. The van der Waals surface area contributed by atoms with Crippen molar-refractivity contribution in [2.45, 2.75) is 86.4 Å². The summed E-state index contributed by atoms with van der Waals surface area (Å²) in [6.45, 7) is 23.2. The Morgan fingerprint density at radius 3 is 2.05 bits per heavy atom. The fraction of sp³-hybridized carbons (Fsp3) is 0.237. The second-order valence-corrected chi connectivity index (χ2v) is 25.2. The van der Waals surface area contributed by atoms with E-state index in [1.165, 1.54) is 33.0 Å². The Bertz CT molecular complexity index is 3290. The number of hydrogen-bond acceptors (Lipinski definition) is 4. The Morgan fingerprint density at radius 1 is 0.682 bits per heavy atom. The average Bonchev–Trinajstić information content (AvgIpc) is 3.85. The number of hydrogen-bond donors (Lipinski definition) is 0. The average molecular weight is 1060 g/mol. The van der Waals surface area contributed by atoms with Crippen LogP contribution in [0.1, 0.15) is 77.0 Å². The normalized spacial score (nSPS) is 12.0. The van der Waals surface area contributed by atoms with Crippen LogP contribution in [0.3, 0.4) is 0 Å². The summed E-state index contributed by atoms with van der Waals surface area (Å²) in [6, 6.07) is 55.3. The van der Waals surface area contributed by atoms with Crippen LogP contribution in [0, 0.1) is 17.5 Å². The molecule has 0 fully saturated rings. The van der Waals surface area contributed by atoms with Gasteiger partial charge in [0.25, 0.3) is 0 Å². The molecule has 1 radical (unpaired) electrons. The molecule has 5 nitrogen and oxygen atoms in total. The third-order valence-corrected chi connectivity index (χ3v) is 14.2. The number of imidazole rings is 1. The number of fused-ring (bicyclic) bond motifs is 5. The van der Waals surface area contributed by atoms with Crippen LogP contribution in [0.2, 0.25) is 19.6 Å². The zero-order chi connectivity index (χ0) is 45.6. The van der Waals surface area contributed by atoms with Crippen molar-refractivity contribution in [1.82, 2.24) is 19.5 Å². The van der Waals surface area contributed by atoms with Crippen molar-refractivity contribution in [2.75, 3.05) is 0 Å². The maximum Gasteiger partial charge on any atom is 0.168 e. The van der Waals surface area contributed by atoms with Gasteiger partial charge in [-0.15, -0.1) is 54.1 Å². The zero-order valence-electron chi connectivity index (χ0n) is 39.7. The molecule has 66 heavy (non-hydrogen) atoms. The van der Waals surface area contributed by atoms with Crippen LogP contribution in [0.5, 0.6) is 0 Å². The van der Waals surface area contributed by atoms with Crippen LogP contribution >= 0.6 is 0 Å². The first-order valence-corrected chi connectivity index (χ1v) is 26.5. The minimum Gasteiger partial charge on any atom is -0.501 e. The number of benzene rings is 6. The molecule has 0 amide bonds. The number of aromatic nitrogens is 4. The minimum atomic E-state index is -1.37. The Kier molecular flexibility index (Phi) is 13.2. The molecule has 10 aromatic rings. The largest absolute Gasteiger partial charge is 0.501 e. The third kappa shape index (κ3) is 9.35. The van der Waals surface area contributed by atoms with Gasteiger partial charge in [-0.1, -0.05) is 157 Å². The van der Waals surface area contributed by atoms with Gasteiger partial charge in [0.15, 0.2) is 5.65 Å². The Balaban J connectivity index is 0.000000228. The van der Waals surface area contributed by atoms with Crippen molar-refractivity contribution >= 4 is 57.3 Å². The first kappa shape index (κ1) is 46.5. The number of rotatable bonds is 8. The summed E-state index contributed by atoms with van der Waals surface area (Å²) in [4.78, 5) is 15.1. The molecule has 0 saturated heterocycles. The Labute approximate surface area is 404 Å². The van der Waals surface area contributed by atoms with Crippen LogP contribution in [0.4, 0.5) is 0 Å². The van der Waals surface area contributed by atoms with Crippen molar-refractivity contribution < 1.29 is 24.5 Å². The first-order chi connectivity index (χ1) is 31.1. The molecule has 0 unspecified atom stereocenters. The molecule has 0 N–H and O–H groups in total. The van der Waals surface area contributed by atoms with Gasteiger partial charge in [-0.05, 0) is 87.1 Å². The molecule has 7 heteroatoms. The molecule has 335 valence electrons. The van der Waals surface area contributed by atoms with Crippen LogP contribution in [-0.2, 0) is 26.5 Å². The van der Waals surface area contributed by atoms with Gasteiger partial charge in [0.05, 0.1) is 30.5 Å². The second-order valence-electron chi connectivity index (χ2n) is 20.2. The molecule has 0 spiro atoms. The summed E-state index contributed by atoms with van der Waals surface area (Å²) in [5.41, 5.74) is 15.1. The maximum atomic E-state index is 6.53. The van der Waals surface area contributed by atoms with Gasteiger partial charge in [-0.25, -0.2) is 4.98 Å². The van der Waals surface area contributed by atoms with E-state index in [0.29, 0.717) is 5.65 Å². The fourth-order valence-corrected chi connectivity index (χ4v) is 10.6. The van der Waals surface area contributed by atoms with E-state index in [0.717, 1.165) is 73.1 Å². The van der Waals surface area contributed by atoms with Crippen molar-refractivity contribution in [3.05, 3.63) is 175 Å². The topological polar surface area (TPSA) is 56.7 Å². The van der Waals surface area contributed by atoms with Crippen molar-refractivity contribution in [1.29, 1.82) is 0 Å². The monoisotopic (exact) mass is 1060 g/mol. The Hall–Kier alpha value is -5.98. The van der Waals surface area contributed by atoms with Crippen LogP contribution < -0.4 is 5.19 Å².